The van der Waals surface area contributed by atoms with Crippen molar-refractivity contribution in [1.29, 1.82) is 0 Å². The molecule has 0 unspecified atom stereocenters. The third-order valence-electron chi connectivity index (χ3n) is 5.21. The van der Waals surface area contributed by atoms with Gasteiger partial charge in [0.05, 0.1) is 38.5 Å². The Hall–Kier alpha value is -2.05. The van der Waals surface area contributed by atoms with Crippen molar-refractivity contribution in [2.75, 3.05) is 38.5 Å². The lowest BCUT2D eigenvalue weighted by Gasteiger charge is -2.32. The van der Waals surface area contributed by atoms with Crippen molar-refractivity contribution in [3.05, 3.63) is 59.4 Å². The Balaban J connectivity index is 1.23. The van der Waals surface area contributed by atoms with Crippen molar-refractivity contribution in [2.24, 2.45) is 0 Å². The number of nitrogens with one attached hydrogen (secondary N) is 1. The highest BCUT2D eigenvalue weighted by Crippen LogP contribution is 2.25. The van der Waals surface area contributed by atoms with Gasteiger partial charge in [0.25, 0.3) is 0 Å². The van der Waals surface area contributed by atoms with Crippen LogP contribution in [0, 0.1) is 5.82 Å². The van der Waals surface area contributed by atoms with Gasteiger partial charge in [-0.25, -0.2) is 4.39 Å². The van der Waals surface area contributed by atoms with Gasteiger partial charge in [-0.05, 0) is 48.0 Å². The van der Waals surface area contributed by atoms with E-state index in [0.717, 1.165) is 56.4 Å². The van der Waals surface area contributed by atoms with Gasteiger partial charge in [0, 0.05) is 16.9 Å². The van der Waals surface area contributed by atoms with E-state index in [1.165, 1.54) is 39.9 Å². The van der Waals surface area contributed by atoms with Crippen LogP contribution in [0.25, 0.3) is 0 Å². The van der Waals surface area contributed by atoms with Gasteiger partial charge in [-0.2, -0.15) is 0 Å². The van der Waals surface area contributed by atoms with Gasteiger partial charge in [0.1, 0.15) is 18.1 Å². The zero-order valence-corrected chi connectivity index (χ0v) is 16.1. The SMILES string of the molecule is O=C(CSc1ccc(F)cc1)N1CC[NH+](Cc2ccc3c(c2)CCO3)CC1. The van der Waals surface area contributed by atoms with Gasteiger partial charge in [0.15, 0.2) is 0 Å². The molecule has 2 heterocycles. The van der Waals surface area contributed by atoms with Crippen LogP contribution < -0.4 is 9.64 Å². The summed E-state index contributed by atoms with van der Waals surface area (Å²) in [6.45, 7) is 5.33. The van der Waals surface area contributed by atoms with Crippen molar-refractivity contribution in [2.45, 2.75) is 17.9 Å². The van der Waals surface area contributed by atoms with E-state index in [-0.39, 0.29) is 11.7 Å². The molecular weight excluding hydrogens is 363 g/mol. The van der Waals surface area contributed by atoms with Crippen molar-refractivity contribution < 1.29 is 18.8 Å². The zero-order valence-electron chi connectivity index (χ0n) is 15.2. The molecular formula is C21H24FN2O2S+. The van der Waals surface area contributed by atoms with Crippen LogP contribution in [-0.4, -0.2) is 49.3 Å². The fourth-order valence-electron chi connectivity index (χ4n) is 3.65. The van der Waals surface area contributed by atoms with Crippen molar-refractivity contribution >= 4 is 17.7 Å². The molecule has 0 radical (unpaired) electrons. The number of hydrogen-bond acceptors (Lipinski definition) is 3. The number of thioether (sulfide) groups is 1. The van der Waals surface area contributed by atoms with Gasteiger partial charge in [-0.3, -0.25) is 4.79 Å². The molecule has 2 aliphatic heterocycles. The van der Waals surface area contributed by atoms with Crippen LogP contribution in [-0.2, 0) is 17.8 Å². The molecule has 6 heteroatoms. The summed E-state index contributed by atoms with van der Waals surface area (Å²) in [5, 5.41) is 0. The van der Waals surface area contributed by atoms with E-state index >= 15 is 0 Å². The van der Waals surface area contributed by atoms with E-state index in [0.29, 0.717) is 5.75 Å². The number of piperazine rings is 1. The van der Waals surface area contributed by atoms with Crippen LogP contribution in [0.1, 0.15) is 11.1 Å². The fourth-order valence-corrected chi connectivity index (χ4v) is 4.46. The first-order chi connectivity index (χ1) is 13.2. The van der Waals surface area contributed by atoms with E-state index in [9.17, 15) is 9.18 Å². The molecule has 2 aliphatic rings. The Kier molecular flexibility index (Phi) is 5.64. The second-order valence-electron chi connectivity index (χ2n) is 7.09. The Morgan fingerprint density at radius 1 is 1.15 bits per heavy atom. The minimum Gasteiger partial charge on any atom is -0.493 e. The summed E-state index contributed by atoms with van der Waals surface area (Å²) in [4.78, 5) is 16.8. The monoisotopic (exact) mass is 387 g/mol. The van der Waals surface area contributed by atoms with Gasteiger partial charge in [-0.1, -0.05) is 0 Å². The van der Waals surface area contributed by atoms with Crippen LogP contribution in [0.4, 0.5) is 4.39 Å². The minimum absolute atomic E-state index is 0.165. The van der Waals surface area contributed by atoms with E-state index < -0.39 is 0 Å². The number of ether oxygens (including phenoxy) is 1. The lowest BCUT2D eigenvalue weighted by Crippen LogP contribution is -3.13. The molecule has 4 rings (SSSR count). The standard InChI is InChI=1S/C21H23FN2O2S/c22-18-2-4-19(5-3-18)27-15-21(25)24-10-8-23(9-11-24)14-16-1-6-20-17(13-16)7-12-26-20/h1-6,13H,7-12,14-15H2/p+1. The molecule has 0 atom stereocenters. The number of fused-ring (bicyclic) bond motifs is 1. The molecule has 142 valence electrons. The fraction of sp³-hybridized carbons (Fsp3) is 0.381. The number of hydrogen-bond donors (Lipinski definition) is 1. The van der Waals surface area contributed by atoms with Gasteiger partial charge >= 0.3 is 0 Å². The minimum atomic E-state index is -0.249. The number of halogens is 1. The summed E-state index contributed by atoms with van der Waals surface area (Å²) in [6.07, 6.45) is 1.01. The number of quaternary nitrogens is 1. The Morgan fingerprint density at radius 2 is 1.93 bits per heavy atom. The van der Waals surface area contributed by atoms with E-state index in [2.05, 4.69) is 18.2 Å². The van der Waals surface area contributed by atoms with Crippen molar-refractivity contribution in [3.63, 3.8) is 0 Å². The average molecular weight is 388 g/mol. The summed E-state index contributed by atoms with van der Waals surface area (Å²) < 4.78 is 18.5. The second-order valence-corrected chi connectivity index (χ2v) is 8.14. The first kappa shape index (κ1) is 18.3. The van der Waals surface area contributed by atoms with E-state index in [4.69, 9.17) is 4.74 Å². The van der Waals surface area contributed by atoms with E-state index in [1.807, 2.05) is 4.90 Å². The second kappa shape index (κ2) is 8.31. The third kappa shape index (κ3) is 4.62. The maximum absolute atomic E-state index is 12.9. The summed E-state index contributed by atoms with van der Waals surface area (Å²) in [5.41, 5.74) is 2.67. The molecule has 1 N–H and O–H groups in total. The zero-order chi connectivity index (χ0) is 18.6. The molecule has 2 aromatic carbocycles. The molecule has 0 aliphatic carbocycles. The maximum Gasteiger partial charge on any atom is 0.233 e. The first-order valence-electron chi connectivity index (χ1n) is 9.42. The highest BCUT2D eigenvalue weighted by Gasteiger charge is 2.24. The number of rotatable bonds is 5. The Bertz CT molecular complexity index is 804. The van der Waals surface area contributed by atoms with Crippen LogP contribution >= 0.6 is 11.8 Å². The molecule has 4 nitrogen and oxygen atoms in total. The number of benzene rings is 2. The summed E-state index contributed by atoms with van der Waals surface area (Å²) >= 11 is 1.47. The molecule has 0 saturated carbocycles. The van der Waals surface area contributed by atoms with Crippen LogP contribution in [0.2, 0.25) is 0 Å². The third-order valence-corrected chi connectivity index (χ3v) is 6.20. The predicted octanol–water partition coefficient (Wildman–Crippen LogP) is 1.78. The predicted molar refractivity (Wildman–Crippen MR) is 104 cm³/mol. The Morgan fingerprint density at radius 3 is 2.70 bits per heavy atom. The van der Waals surface area contributed by atoms with Crippen LogP contribution in [0.5, 0.6) is 5.75 Å². The first-order valence-corrected chi connectivity index (χ1v) is 10.4. The molecule has 1 fully saturated rings. The maximum atomic E-state index is 12.9. The highest BCUT2D eigenvalue weighted by molar-refractivity contribution is 8.00. The largest absolute Gasteiger partial charge is 0.493 e. The van der Waals surface area contributed by atoms with Crippen molar-refractivity contribution in [1.82, 2.24) is 4.90 Å². The molecule has 1 amide bonds. The molecule has 0 aromatic heterocycles. The number of nitrogens with zero attached hydrogens (tertiary/aromatic N) is 1. The molecule has 0 spiro atoms. The number of carbonyl (C=O) groups is 1. The average Bonchev–Trinajstić information content (AvgIpc) is 3.16. The van der Waals surface area contributed by atoms with E-state index in [1.54, 1.807) is 12.1 Å². The van der Waals surface area contributed by atoms with Gasteiger partial charge in [0.2, 0.25) is 5.91 Å². The summed E-state index contributed by atoms with van der Waals surface area (Å²) in [7, 11) is 0. The molecule has 27 heavy (non-hydrogen) atoms. The normalized spacial score (nSPS) is 16.9. The summed E-state index contributed by atoms with van der Waals surface area (Å²) in [5.74, 6) is 1.35. The lowest BCUT2D eigenvalue weighted by atomic mass is 10.1. The number of amides is 1. The molecule has 0 bridgehead atoms. The van der Waals surface area contributed by atoms with Gasteiger partial charge < -0.3 is 14.5 Å². The quantitative estimate of drug-likeness (QED) is 0.795. The molecule has 1 saturated heterocycles. The van der Waals surface area contributed by atoms with Crippen molar-refractivity contribution in [3.8, 4) is 5.75 Å². The number of carbonyl (C=O) groups excluding carboxylic acids is 1. The van der Waals surface area contributed by atoms with Crippen LogP contribution in [0.3, 0.4) is 0 Å². The molecule has 2 aromatic rings. The lowest BCUT2D eigenvalue weighted by molar-refractivity contribution is -0.917. The van der Waals surface area contributed by atoms with Crippen LogP contribution in [0.15, 0.2) is 47.4 Å². The smallest absolute Gasteiger partial charge is 0.233 e. The summed E-state index contributed by atoms with van der Waals surface area (Å²) in [6, 6.07) is 12.8. The van der Waals surface area contributed by atoms with Gasteiger partial charge in [-0.15, -0.1) is 11.8 Å². The highest BCUT2D eigenvalue weighted by atomic mass is 32.2. The topological polar surface area (TPSA) is 34.0 Å². The Labute approximate surface area is 163 Å².